The highest BCUT2D eigenvalue weighted by atomic mass is 16.4. The van der Waals surface area contributed by atoms with Gasteiger partial charge in [-0.1, -0.05) is 20.8 Å². The molecule has 19 heavy (non-hydrogen) atoms. The number of amides is 2. The number of carboxylic acids is 1. The lowest BCUT2D eigenvalue weighted by Crippen LogP contribution is -2.53. The first-order chi connectivity index (χ1) is 8.38. The molecule has 6 heteroatoms. The zero-order valence-electron chi connectivity index (χ0n) is 12.5. The Balaban J connectivity index is 4.41. The SMILES string of the molecule is CN(C(=O)CNC(=O)CC(C)(C)C)C(C)(C)C(=O)O. The molecular weight excluding hydrogens is 248 g/mol. The van der Waals surface area contributed by atoms with Crippen LogP contribution in [0.15, 0.2) is 0 Å². The number of carbonyl (C=O) groups excluding carboxylic acids is 2. The molecule has 0 aromatic heterocycles. The Hall–Kier alpha value is -1.59. The Labute approximate surface area is 114 Å². The van der Waals surface area contributed by atoms with Crippen LogP contribution >= 0.6 is 0 Å². The normalized spacial score (nSPS) is 11.9. The molecule has 0 spiro atoms. The molecule has 0 bridgehead atoms. The summed E-state index contributed by atoms with van der Waals surface area (Å²) in [5.74, 6) is -1.75. The van der Waals surface area contributed by atoms with Gasteiger partial charge in [0.05, 0.1) is 6.54 Å². The van der Waals surface area contributed by atoms with E-state index in [2.05, 4.69) is 5.32 Å². The van der Waals surface area contributed by atoms with Crippen molar-refractivity contribution in [3.8, 4) is 0 Å². The summed E-state index contributed by atoms with van der Waals surface area (Å²) in [7, 11) is 1.41. The molecule has 0 aliphatic heterocycles. The lowest BCUT2D eigenvalue weighted by Gasteiger charge is -2.31. The number of carbonyl (C=O) groups is 3. The van der Waals surface area contributed by atoms with E-state index in [1.54, 1.807) is 0 Å². The van der Waals surface area contributed by atoms with Crippen molar-refractivity contribution in [2.24, 2.45) is 5.41 Å². The Morgan fingerprint density at radius 1 is 1.11 bits per heavy atom. The molecule has 0 unspecified atom stereocenters. The maximum absolute atomic E-state index is 11.8. The first kappa shape index (κ1) is 17.4. The third-order valence-corrected chi connectivity index (χ3v) is 2.86. The topological polar surface area (TPSA) is 86.7 Å². The number of likely N-dealkylation sites (N-methyl/N-ethyl adjacent to an activating group) is 1. The van der Waals surface area contributed by atoms with Gasteiger partial charge in [0, 0.05) is 13.5 Å². The van der Waals surface area contributed by atoms with Gasteiger partial charge in [-0.15, -0.1) is 0 Å². The highest BCUT2D eigenvalue weighted by Crippen LogP contribution is 2.17. The molecule has 0 rings (SSSR count). The molecule has 2 N–H and O–H groups in total. The first-order valence-electron chi connectivity index (χ1n) is 6.14. The zero-order chi connectivity index (χ0) is 15.4. The molecule has 0 aromatic carbocycles. The van der Waals surface area contributed by atoms with Gasteiger partial charge < -0.3 is 15.3 Å². The van der Waals surface area contributed by atoms with Gasteiger partial charge in [-0.05, 0) is 19.3 Å². The van der Waals surface area contributed by atoms with Crippen LogP contribution in [-0.2, 0) is 14.4 Å². The Kier molecular flexibility index (Phi) is 5.53. The number of aliphatic carboxylic acids is 1. The summed E-state index contributed by atoms with van der Waals surface area (Å²) >= 11 is 0. The highest BCUT2D eigenvalue weighted by Gasteiger charge is 2.35. The molecule has 0 radical (unpaired) electrons. The van der Waals surface area contributed by atoms with E-state index < -0.39 is 17.4 Å². The van der Waals surface area contributed by atoms with Crippen LogP contribution in [0, 0.1) is 5.41 Å². The molecule has 0 aromatic rings. The smallest absolute Gasteiger partial charge is 0.329 e. The largest absolute Gasteiger partial charge is 0.480 e. The van der Waals surface area contributed by atoms with Crippen LogP contribution in [-0.4, -0.2) is 46.9 Å². The highest BCUT2D eigenvalue weighted by molar-refractivity contribution is 5.89. The lowest BCUT2D eigenvalue weighted by atomic mass is 9.92. The maximum atomic E-state index is 11.8. The Morgan fingerprint density at radius 3 is 1.95 bits per heavy atom. The minimum atomic E-state index is -1.30. The molecule has 0 atom stereocenters. The zero-order valence-corrected chi connectivity index (χ0v) is 12.5. The number of hydrogen-bond acceptors (Lipinski definition) is 3. The van der Waals surface area contributed by atoms with Crippen LogP contribution in [0.1, 0.15) is 41.0 Å². The van der Waals surface area contributed by atoms with Gasteiger partial charge in [-0.25, -0.2) is 4.79 Å². The van der Waals surface area contributed by atoms with Crippen LogP contribution in [0.3, 0.4) is 0 Å². The van der Waals surface area contributed by atoms with Crippen molar-refractivity contribution < 1.29 is 19.5 Å². The van der Waals surface area contributed by atoms with Crippen molar-refractivity contribution in [2.45, 2.75) is 46.6 Å². The third-order valence-electron chi connectivity index (χ3n) is 2.86. The van der Waals surface area contributed by atoms with Gasteiger partial charge in [-0.2, -0.15) is 0 Å². The molecule has 0 heterocycles. The second-order valence-electron chi connectivity index (χ2n) is 6.33. The number of rotatable bonds is 5. The number of nitrogens with one attached hydrogen (secondary N) is 1. The van der Waals surface area contributed by atoms with Crippen LogP contribution < -0.4 is 5.32 Å². The summed E-state index contributed by atoms with van der Waals surface area (Å²) in [6.07, 6.45) is 0.312. The van der Waals surface area contributed by atoms with E-state index in [4.69, 9.17) is 5.11 Å². The summed E-state index contributed by atoms with van der Waals surface area (Å²) in [4.78, 5) is 35.5. The molecule has 0 fully saturated rings. The second kappa shape index (κ2) is 6.04. The van der Waals surface area contributed by atoms with E-state index in [0.29, 0.717) is 6.42 Å². The number of hydrogen-bond donors (Lipinski definition) is 2. The minimum Gasteiger partial charge on any atom is -0.480 e. The molecular formula is C13H24N2O4. The van der Waals surface area contributed by atoms with Crippen molar-refractivity contribution in [3.05, 3.63) is 0 Å². The van der Waals surface area contributed by atoms with Gasteiger partial charge in [0.1, 0.15) is 5.54 Å². The molecule has 110 valence electrons. The fraction of sp³-hybridized carbons (Fsp3) is 0.769. The molecule has 6 nitrogen and oxygen atoms in total. The average Bonchev–Trinajstić information content (AvgIpc) is 2.22. The predicted molar refractivity (Wildman–Crippen MR) is 71.6 cm³/mol. The summed E-state index contributed by atoms with van der Waals surface area (Å²) in [6, 6.07) is 0. The fourth-order valence-electron chi connectivity index (χ4n) is 1.29. The van der Waals surface area contributed by atoms with Gasteiger partial charge in [0.25, 0.3) is 0 Å². The van der Waals surface area contributed by atoms with E-state index >= 15 is 0 Å². The van der Waals surface area contributed by atoms with Gasteiger partial charge in [0.15, 0.2) is 0 Å². The standard InChI is InChI=1S/C13H24N2O4/c1-12(2,3)7-9(16)14-8-10(17)15(6)13(4,5)11(18)19/h7-8H2,1-6H3,(H,14,16)(H,18,19). The van der Waals surface area contributed by atoms with E-state index in [0.717, 1.165) is 4.90 Å². The van der Waals surface area contributed by atoms with Gasteiger partial charge in [0.2, 0.25) is 11.8 Å². The molecule has 0 aliphatic rings. The summed E-state index contributed by atoms with van der Waals surface area (Å²) in [5, 5.41) is 11.5. The van der Waals surface area contributed by atoms with Crippen LogP contribution in [0.4, 0.5) is 0 Å². The molecule has 2 amide bonds. The van der Waals surface area contributed by atoms with Crippen molar-refractivity contribution in [3.63, 3.8) is 0 Å². The fourth-order valence-corrected chi connectivity index (χ4v) is 1.29. The van der Waals surface area contributed by atoms with Crippen LogP contribution in [0.2, 0.25) is 0 Å². The van der Waals surface area contributed by atoms with Crippen LogP contribution in [0.5, 0.6) is 0 Å². The monoisotopic (exact) mass is 272 g/mol. The first-order valence-corrected chi connectivity index (χ1v) is 6.14. The minimum absolute atomic E-state index is 0.153. The van der Waals surface area contributed by atoms with E-state index in [9.17, 15) is 14.4 Å². The Bertz CT molecular complexity index is 369. The quantitative estimate of drug-likeness (QED) is 0.777. The molecule has 0 aliphatic carbocycles. The number of nitrogens with zero attached hydrogens (tertiary/aromatic N) is 1. The van der Waals surface area contributed by atoms with E-state index in [-0.39, 0.29) is 17.9 Å². The van der Waals surface area contributed by atoms with Gasteiger partial charge in [-0.3, -0.25) is 9.59 Å². The second-order valence-corrected chi connectivity index (χ2v) is 6.33. The van der Waals surface area contributed by atoms with Crippen molar-refractivity contribution in [1.82, 2.24) is 10.2 Å². The summed E-state index contributed by atoms with van der Waals surface area (Å²) < 4.78 is 0. The van der Waals surface area contributed by atoms with Crippen molar-refractivity contribution in [1.29, 1.82) is 0 Å². The van der Waals surface area contributed by atoms with Crippen molar-refractivity contribution >= 4 is 17.8 Å². The molecule has 0 saturated heterocycles. The van der Waals surface area contributed by atoms with E-state index in [1.165, 1.54) is 20.9 Å². The van der Waals surface area contributed by atoms with E-state index in [1.807, 2.05) is 20.8 Å². The number of carboxylic acid groups (broad SMARTS) is 1. The van der Waals surface area contributed by atoms with Crippen LogP contribution in [0.25, 0.3) is 0 Å². The lowest BCUT2D eigenvalue weighted by molar-refractivity contribution is -0.155. The van der Waals surface area contributed by atoms with Gasteiger partial charge >= 0.3 is 5.97 Å². The summed E-state index contributed by atoms with van der Waals surface area (Å²) in [6.45, 7) is 8.45. The third kappa shape index (κ3) is 5.72. The van der Waals surface area contributed by atoms with Crippen molar-refractivity contribution in [2.75, 3.05) is 13.6 Å². The molecule has 0 saturated carbocycles. The average molecular weight is 272 g/mol. The predicted octanol–water partition coefficient (Wildman–Crippen LogP) is 0.860. The summed E-state index contributed by atoms with van der Waals surface area (Å²) in [5.41, 5.74) is -1.45. The maximum Gasteiger partial charge on any atom is 0.329 e. The Morgan fingerprint density at radius 2 is 1.58 bits per heavy atom.